The van der Waals surface area contributed by atoms with Crippen LogP contribution in [0.1, 0.15) is 41.7 Å². The van der Waals surface area contributed by atoms with Crippen molar-refractivity contribution in [1.82, 2.24) is 5.32 Å². The number of anilines is 1. The maximum Gasteiger partial charge on any atom is 0.264 e. The van der Waals surface area contributed by atoms with Gasteiger partial charge in [-0.15, -0.1) is 0 Å². The van der Waals surface area contributed by atoms with Gasteiger partial charge in [-0.1, -0.05) is 67.4 Å². The van der Waals surface area contributed by atoms with Gasteiger partial charge in [0.2, 0.25) is 5.91 Å². The molecule has 0 heterocycles. The highest BCUT2D eigenvalue weighted by Crippen LogP contribution is 2.29. The van der Waals surface area contributed by atoms with E-state index in [0.29, 0.717) is 22.8 Å². The number of rotatable bonds is 9. The smallest absolute Gasteiger partial charge is 0.264 e. The van der Waals surface area contributed by atoms with Crippen molar-refractivity contribution in [3.05, 3.63) is 93.5 Å². The summed E-state index contributed by atoms with van der Waals surface area (Å²) in [5.41, 5.74) is 5.43. The molecule has 0 saturated carbocycles. The summed E-state index contributed by atoms with van der Waals surface area (Å²) in [5, 5.41) is 3.31. The maximum absolute atomic E-state index is 13.6. The summed E-state index contributed by atoms with van der Waals surface area (Å²) in [4.78, 5) is 13.2. The normalized spacial score (nSPS) is 11.3. The van der Waals surface area contributed by atoms with Gasteiger partial charge in [0.15, 0.2) is 0 Å². The Hall–Kier alpha value is -2.83. The molecule has 5 nitrogen and oxygen atoms in total. The number of hydrogen-bond donors (Lipinski definition) is 1. The third kappa shape index (κ3) is 5.99. The highest BCUT2D eigenvalue weighted by molar-refractivity contribution is 7.92. The fourth-order valence-corrected chi connectivity index (χ4v) is 5.42. The third-order valence-electron chi connectivity index (χ3n) is 5.87. The Balaban J connectivity index is 1.91. The second-order valence-electron chi connectivity index (χ2n) is 8.34. The van der Waals surface area contributed by atoms with E-state index in [2.05, 4.69) is 37.4 Å². The summed E-state index contributed by atoms with van der Waals surface area (Å²) in [6.45, 7) is 7.83. The molecule has 34 heavy (non-hydrogen) atoms. The minimum absolute atomic E-state index is 0.120. The SMILES string of the molecule is CCc1ccc(CC)c(CNC(=O)CN(c2cc(Cl)ccc2C)S(=O)(=O)c2ccc(C)cc2)c1. The number of aryl methyl sites for hydroxylation is 4. The second kappa shape index (κ2) is 11.1. The molecule has 1 amide bonds. The number of amides is 1. The lowest BCUT2D eigenvalue weighted by atomic mass is 10.0. The van der Waals surface area contributed by atoms with E-state index in [4.69, 9.17) is 11.6 Å². The van der Waals surface area contributed by atoms with Crippen molar-refractivity contribution >= 4 is 33.2 Å². The molecule has 3 rings (SSSR count). The zero-order valence-electron chi connectivity index (χ0n) is 20.1. The fourth-order valence-electron chi connectivity index (χ4n) is 3.78. The quantitative estimate of drug-likeness (QED) is 0.418. The van der Waals surface area contributed by atoms with Gasteiger partial charge in [-0.3, -0.25) is 9.10 Å². The van der Waals surface area contributed by atoms with Gasteiger partial charge in [0, 0.05) is 11.6 Å². The molecule has 0 aromatic heterocycles. The van der Waals surface area contributed by atoms with Gasteiger partial charge in [0.1, 0.15) is 6.54 Å². The van der Waals surface area contributed by atoms with E-state index in [-0.39, 0.29) is 17.3 Å². The van der Waals surface area contributed by atoms with Crippen LogP contribution in [0.5, 0.6) is 0 Å². The average molecular weight is 499 g/mol. The number of hydrogen-bond acceptors (Lipinski definition) is 3. The van der Waals surface area contributed by atoms with Crippen LogP contribution in [0, 0.1) is 13.8 Å². The van der Waals surface area contributed by atoms with Crippen molar-refractivity contribution in [3.8, 4) is 0 Å². The molecule has 0 fully saturated rings. The molecule has 7 heteroatoms. The molecule has 0 radical (unpaired) electrons. The first kappa shape index (κ1) is 25.8. The van der Waals surface area contributed by atoms with Gasteiger partial charge in [0.05, 0.1) is 10.6 Å². The molecule has 0 spiro atoms. The first-order valence-corrected chi connectivity index (χ1v) is 13.2. The zero-order valence-corrected chi connectivity index (χ0v) is 21.6. The molecule has 3 aromatic rings. The molecular weight excluding hydrogens is 468 g/mol. The number of sulfonamides is 1. The lowest BCUT2D eigenvalue weighted by molar-refractivity contribution is -0.119. The van der Waals surface area contributed by atoms with Crippen LogP contribution in [0.25, 0.3) is 0 Å². The van der Waals surface area contributed by atoms with Crippen LogP contribution < -0.4 is 9.62 Å². The zero-order chi connectivity index (χ0) is 24.9. The van der Waals surface area contributed by atoms with E-state index in [0.717, 1.165) is 33.8 Å². The van der Waals surface area contributed by atoms with Crippen LogP contribution in [0.4, 0.5) is 5.69 Å². The van der Waals surface area contributed by atoms with Gasteiger partial charge in [-0.25, -0.2) is 8.42 Å². The Bertz CT molecular complexity index is 1270. The summed E-state index contributed by atoms with van der Waals surface area (Å²) >= 11 is 6.20. The Morgan fingerprint density at radius 2 is 1.62 bits per heavy atom. The van der Waals surface area contributed by atoms with Gasteiger partial charge in [-0.2, -0.15) is 0 Å². The van der Waals surface area contributed by atoms with E-state index in [1.807, 2.05) is 6.92 Å². The molecular formula is C27H31ClN2O3S. The first-order valence-electron chi connectivity index (χ1n) is 11.4. The van der Waals surface area contributed by atoms with Crippen molar-refractivity contribution in [3.63, 3.8) is 0 Å². The van der Waals surface area contributed by atoms with Crippen molar-refractivity contribution in [2.75, 3.05) is 10.8 Å². The molecule has 180 valence electrons. The predicted molar refractivity (Wildman–Crippen MR) is 139 cm³/mol. The Morgan fingerprint density at radius 1 is 0.912 bits per heavy atom. The molecule has 0 aliphatic heterocycles. The topological polar surface area (TPSA) is 66.5 Å². The summed E-state index contributed by atoms with van der Waals surface area (Å²) in [5.74, 6) is -0.390. The number of carbonyl (C=O) groups excluding carboxylic acids is 1. The minimum atomic E-state index is -4.00. The number of nitrogens with zero attached hydrogens (tertiary/aromatic N) is 1. The number of halogens is 1. The van der Waals surface area contributed by atoms with Crippen LogP contribution in [-0.2, 0) is 34.2 Å². The largest absolute Gasteiger partial charge is 0.350 e. The van der Waals surface area contributed by atoms with E-state index >= 15 is 0 Å². The fraction of sp³-hybridized carbons (Fsp3) is 0.296. The van der Waals surface area contributed by atoms with Gasteiger partial charge >= 0.3 is 0 Å². The molecule has 0 unspecified atom stereocenters. The summed E-state index contributed by atoms with van der Waals surface area (Å²) in [6.07, 6.45) is 1.76. The highest BCUT2D eigenvalue weighted by Gasteiger charge is 2.28. The van der Waals surface area contributed by atoms with Crippen molar-refractivity contribution in [2.45, 2.75) is 52.0 Å². The Kier molecular flexibility index (Phi) is 8.39. The summed E-state index contributed by atoms with van der Waals surface area (Å²) in [7, 11) is -4.00. The Morgan fingerprint density at radius 3 is 2.26 bits per heavy atom. The van der Waals surface area contributed by atoms with Crippen molar-refractivity contribution in [2.24, 2.45) is 0 Å². The maximum atomic E-state index is 13.6. The van der Waals surface area contributed by atoms with Gasteiger partial charge in [0.25, 0.3) is 10.0 Å². The van der Waals surface area contributed by atoms with E-state index in [1.54, 1.807) is 49.4 Å². The van der Waals surface area contributed by atoms with Crippen molar-refractivity contribution in [1.29, 1.82) is 0 Å². The number of nitrogens with one attached hydrogen (secondary N) is 1. The van der Waals surface area contributed by atoms with Crippen LogP contribution >= 0.6 is 11.6 Å². The van der Waals surface area contributed by atoms with Crippen molar-refractivity contribution < 1.29 is 13.2 Å². The van der Waals surface area contributed by atoms with Gasteiger partial charge in [-0.05, 0) is 73.2 Å². The monoisotopic (exact) mass is 498 g/mol. The second-order valence-corrected chi connectivity index (χ2v) is 10.6. The summed E-state index contributed by atoms with van der Waals surface area (Å²) in [6, 6.07) is 17.9. The average Bonchev–Trinajstić information content (AvgIpc) is 2.82. The molecule has 0 atom stereocenters. The molecule has 0 aliphatic rings. The molecule has 1 N–H and O–H groups in total. The van der Waals surface area contributed by atoms with Crippen LogP contribution in [-0.4, -0.2) is 20.9 Å². The van der Waals surface area contributed by atoms with E-state index in [9.17, 15) is 13.2 Å². The van der Waals surface area contributed by atoms with E-state index < -0.39 is 10.0 Å². The van der Waals surface area contributed by atoms with Crippen LogP contribution in [0.2, 0.25) is 5.02 Å². The first-order chi connectivity index (χ1) is 16.1. The predicted octanol–water partition coefficient (Wildman–Crippen LogP) is 5.59. The minimum Gasteiger partial charge on any atom is -0.350 e. The molecule has 0 aliphatic carbocycles. The molecule has 0 saturated heterocycles. The van der Waals surface area contributed by atoms with Crippen LogP contribution in [0.15, 0.2) is 65.6 Å². The van der Waals surface area contributed by atoms with Gasteiger partial charge < -0.3 is 5.32 Å². The lowest BCUT2D eigenvalue weighted by Crippen LogP contribution is -2.41. The highest BCUT2D eigenvalue weighted by atomic mass is 35.5. The molecule has 3 aromatic carbocycles. The lowest BCUT2D eigenvalue weighted by Gasteiger charge is -2.26. The number of benzene rings is 3. The van der Waals surface area contributed by atoms with Crippen LogP contribution in [0.3, 0.4) is 0 Å². The Labute approximate surface area is 207 Å². The third-order valence-corrected chi connectivity index (χ3v) is 7.88. The standard InChI is InChI=1S/C27H31ClN2O3S/c1-5-21-10-11-22(6-2)23(15-21)17-29-27(31)18-30(26-16-24(28)12-9-20(26)4)34(32,33)25-13-7-19(3)8-14-25/h7-16H,5-6,17-18H2,1-4H3,(H,29,31). The summed E-state index contributed by atoms with van der Waals surface area (Å²) < 4.78 is 28.3. The van der Waals surface area contributed by atoms with E-state index in [1.165, 1.54) is 5.56 Å². The molecule has 0 bridgehead atoms. The number of carbonyl (C=O) groups is 1.